The van der Waals surface area contributed by atoms with Crippen molar-refractivity contribution < 1.29 is 14.6 Å². The number of hydrogen-bond donors (Lipinski definition) is 1. The molecule has 0 saturated carbocycles. The van der Waals surface area contributed by atoms with Crippen molar-refractivity contribution in [2.45, 2.75) is 0 Å². The minimum Gasteiger partial charge on any atom is -0.507 e. The second-order valence-corrected chi connectivity index (χ2v) is 5.89. The fraction of sp³-hybridized carbons (Fsp3) is 0.0455. The van der Waals surface area contributed by atoms with Gasteiger partial charge in [0.2, 0.25) is 0 Å². The Balaban J connectivity index is 2.24. The molecule has 0 amide bonds. The van der Waals surface area contributed by atoms with E-state index in [-0.39, 0.29) is 11.3 Å². The van der Waals surface area contributed by atoms with Crippen molar-refractivity contribution in [1.29, 1.82) is 0 Å². The third-order valence-corrected chi connectivity index (χ3v) is 4.54. The number of hydrogen-bond acceptors (Lipinski definition) is 3. The number of ether oxygens (including phenoxy) is 1. The van der Waals surface area contributed by atoms with Gasteiger partial charge in [0.1, 0.15) is 11.5 Å². The van der Waals surface area contributed by atoms with Gasteiger partial charge in [0, 0.05) is 11.1 Å². The van der Waals surface area contributed by atoms with Crippen molar-refractivity contribution in [3.05, 3.63) is 72.3 Å². The first-order valence-electron chi connectivity index (χ1n) is 8.00. The molecule has 3 nitrogen and oxygen atoms in total. The van der Waals surface area contributed by atoms with E-state index in [2.05, 4.69) is 0 Å². The van der Waals surface area contributed by atoms with Crippen molar-refractivity contribution in [2.24, 2.45) is 0 Å². The summed E-state index contributed by atoms with van der Waals surface area (Å²) >= 11 is 0. The minimum atomic E-state index is -0.0247. The third-order valence-electron chi connectivity index (χ3n) is 4.54. The largest absolute Gasteiger partial charge is 0.507 e. The molecule has 0 bridgehead atoms. The van der Waals surface area contributed by atoms with E-state index in [1.165, 1.54) is 0 Å². The Morgan fingerprint density at radius 3 is 2.16 bits per heavy atom. The van der Waals surface area contributed by atoms with Crippen molar-refractivity contribution in [3.8, 4) is 22.6 Å². The van der Waals surface area contributed by atoms with Crippen LogP contribution in [0.25, 0.3) is 32.7 Å². The Morgan fingerprint density at radius 1 is 0.840 bits per heavy atom. The molecule has 0 heterocycles. The molecule has 0 radical (unpaired) electrons. The molecule has 0 atom stereocenters. The molecule has 25 heavy (non-hydrogen) atoms. The standard InChI is InChI=1S/C22H16O3/c1-25-19-11-10-14-6-2-4-8-17(14)20(19)21-18-9-5-3-7-15(18)12-16(13-23)22(21)24/h2-13,24H,1H3. The summed E-state index contributed by atoms with van der Waals surface area (Å²) in [7, 11) is 1.61. The van der Waals surface area contributed by atoms with E-state index in [9.17, 15) is 9.90 Å². The molecular formula is C22H16O3. The Labute approximate surface area is 145 Å². The number of phenols is 1. The summed E-state index contributed by atoms with van der Waals surface area (Å²) in [4.78, 5) is 11.5. The molecular weight excluding hydrogens is 312 g/mol. The van der Waals surface area contributed by atoms with Gasteiger partial charge in [-0.1, -0.05) is 54.6 Å². The van der Waals surface area contributed by atoms with E-state index in [1.54, 1.807) is 13.2 Å². The Morgan fingerprint density at radius 2 is 1.48 bits per heavy atom. The number of carbonyl (C=O) groups excluding carboxylic acids is 1. The van der Waals surface area contributed by atoms with E-state index in [0.29, 0.717) is 17.6 Å². The quantitative estimate of drug-likeness (QED) is 0.527. The molecule has 4 aromatic carbocycles. The maximum atomic E-state index is 11.5. The summed E-state index contributed by atoms with van der Waals surface area (Å²) in [6.45, 7) is 0. The number of fused-ring (bicyclic) bond motifs is 2. The molecule has 3 heteroatoms. The maximum absolute atomic E-state index is 11.5. The molecule has 1 N–H and O–H groups in total. The van der Waals surface area contributed by atoms with Crippen LogP contribution in [0.15, 0.2) is 66.7 Å². The second kappa shape index (κ2) is 5.95. The average Bonchev–Trinajstić information content (AvgIpc) is 2.67. The van der Waals surface area contributed by atoms with Gasteiger partial charge in [-0.3, -0.25) is 4.79 Å². The van der Waals surface area contributed by atoms with Crippen molar-refractivity contribution >= 4 is 27.8 Å². The van der Waals surface area contributed by atoms with Crippen LogP contribution in [0.3, 0.4) is 0 Å². The Kier molecular flexibility index (Phi) is 3.62. The number of phenolic OH excluding ortho intramolecular Hbond substituents is 1. The van der Waals surface area contributed by atoms with E-state index in [0.717, 1.165) is 27.1 Å². The lowest BCUT2D eigenvalue weighted by Gasteiger charge is -2.17. The monoisotopic (exact) mass is 328 g/mol. The summed E-state index contributed by atoms with van der Waals surface area (Å²) in [6.07, 6.45) is 0.683. The van der Waals surface area contributed by atoms with Crippen LogP contribution >= 0.6 is 0 Å². The lowest BCUT2D eigenvalue weighted by molar-refractivity contribution is 0.112. The second-order valence-electron chi connectivity index (χ2n) is 5.89. The van der Waals surface area contributed by atoms with Crippen molar-refractivity contribution in [2.75, 3.05) is 7.11 Å². The van der Waals surface area contributed by atoms with Crippen LogP contribution < -0.4 is 4.74 Å². The van der Waals surface area contributed by atoms with Crippen molar-refractivity contribution in [1.82, 2.24) is 0 Å². The summed E-state index contributed by atoms with van der Waals surface area (Å²) in [5.74, 6) is 0.630. The average molecular weight is 328 g/mol. The molecule has 0 aliphatic heterocycles. The molecule has 4 aromatic rings. The first kappa shape index (κ1) is 15.2. The highest BCUT2D eigenvalue weighted by Gasteiger charge is 2.19. The van der Waals surface area contributed by atoms with Gasteiger partial charge in [0.15, 0.2) is 6.29 Å². The van der Waals surface area contributed by atoms with Crippen LogP contribution in [0.2, 0.25) is 0 Å². The van der Waals surface area contributed by atoms with Crippen LogP contribution in [-0.4, -0.2) is 18.5 Å². The van der Waals surface area contributed by atoms with Crippen LogP contribution in [0.4, 0.5) is 0 Å². The van der Waals surface area contributed by atoms with Gasteiger partial charge in [-0.2, -0.15) is 0 Å². The molecule has 0 unspecified atom stereocenters. The first-order valence-corrected chi connectivity index (χ1v) is 8.00. The Bertz CT molecular complexity index is 1110. The minimum absolute atomic E-state index is 0.0247. The van der Waals surface area contributed by atoms with Gasteiger partial charge >= 0.3 is 0 Å². The highest BCUT2D eigenvalue weighted by Crippen LogP contribution is 2.45. The highest BCUT2D eigenvalue weighted by molar-refractivity contribution is 6.11. The van der Waals surface area contributed by atoms with Crippen LogP contribution in [0, 0.1) is 0 Å². The molecule has 4 rings (SSSR count). The Hall–Kier alpha value is -3.33. The van der Waals surface area contributed by atoms with Crippen LogP contribution in [-0.2, 0) is 0 Å². The predicted octanol–water partition coefficient (Wildman–Crippen LogP) is 5.19. The van der Waals surface area contributed by atoms with Crippen LogP contribution in [0.5, 0.6) is 11.5 Å². The number of methoxy groups -OCH3 is 1. The topological polar surface area (TPSA) is 46.5 Å². The van der Waals surface area contributed by atoms with Gasteiger partial charge < -0.3 is 9.84 Å². The fourth-order valence-electron chi connectivity index (χ4n) is 3.38. The molecule has 0 aliphatic carbocycles. The molecule has 0 aromatic heterocycles. The van der Waals surface area contributed by atoms with Gasteiger partial charge in [-0.05, 0) is 33.7 Å². The van der Waals surface area contributed by atoms with Gasteiger partial charge in [-0.15, -0.1) is 0 Å². The molecule has 0 fully saturated rings. The molecule has 122 valence electrons. The summed E-state index contributed by atoms with van der Waals surface area (Å²) in [5.41, 5.74) is 1.68. The van der Waals surface area contributed by atoms with E-state index < -0.39 is 0 Å². The zero-order chi connectivity index (χ0) is 17.4. The predicted molar refractivity (Wildman–Crippen MR) is 100 cm³/mol. The maximum Gasteiger partial charge on any atom is 0.153 e. The summed E-state index contributed by atoms with van der Waals surface area (Å²) < 4.78 is 5.59. The number of carbonyl (C=O) groups is 1. The van der Waals surface area contributed by atoms with Gasteiger partial charge in [0.25, 0.3) is 0 Å². The van der Waals surface area contributed by atoms with E-state index in [1.807, 2.05) is 60.7 Å². The highest BCUT2D eigenvalue weighted by atomic mass is 16.5. The molecule has 0 spiro atoms. The van der Waals surface area contributed by atoms with Crippen molar-refractivity contribution in [3.63, 3.8) is 0 Å². The molecule has 0 saturated heterocycles. The molecule has 0 aliphatic rings. The number of rotatable bonds is 3. The summed E-state index contributed by atoms with van der Waals surface area (Å²) in [5, 5.41) is 14.6. The SMILES string of the molecule is COc1ccc2ccccc2c1-c1c(O)c(C=O)cc2ccccc12. The smallest absolute Gasteiger partial charge is 0.153 e. The normalized spacial score (nSPS) is 10.9. The zero-order valence-electron chi connectivity index (χ0n) is 13.7. The van der Waals surface area contributed by atoms with E-state index in [4.69, 9.17) is 4.74 Å². The van der Waals surface area contributed by atoms with E-state index >= 15 is 0 Å². The number of aldehydes is 1. The van der Waals surface area contributed by atoms with Gasteiger partial charge in [-0.25, -0.2) is 0 Å². The zero-order valence-corrected chi connectivity index (χ0v) is 13.7. The van der Waals surface area contributed by atoms with Crippen LogP contribution in [0.1, 0.15) is 10.4 Å². The lowest BCUT2D eigenvalue weighted by atomic mass is 9.90. The summed E-state index contributed by atoms with van der Waals surface area (Å²) in [6, 6.07) is 21.2. The lowest BCUT2D eigenvalue weighted by Crippen LogP contribution is -1.94. The number of benzene rings is 4. The third kappa shape index (κ3) is 2.32. The number of aromatic hydroxyl groups is 1. The van der Waals surface area contributed by atoms with Gasteiger partial charge in [0.05, 0.1) is 12.7 Å². The fourth-order valence-corrected chi connectivity index (χ4v) is 3.38. The first-order chi connectivity index (χ1) is 12.2.